The summed E-state index contributed by atoms with van der Waals surface area (Å²) in [6, 6.07) is 8.80. The number of hydrogen-bond acceptors (Lipinski definition) is 5. The van der Waals surface area contributed by atoms with Crippen molar-refractivity contribution in [2.24, 2.45) is 0 Å². The Kier molecular flexibility index (Phi) is 5.43. The zero-order valence-electron chi connectivity index (χ0n) is 19.1. The molecule has 8 heteroatoms. The van der Waals surface area contributed by atoms with Gasteiger partial charge in [0.25, 0.3) is 11.8 Å². The van der Waals surface area contributed by atoms with E-state index in [1.54, 1.807) is 12.1 Å². The van der Waals surface area contributed by atoms with E-state index >= 15 is 0 Å². The Labute approximate surface area is 197 Å². The molecule has 3 heterocycles. The number of carbonyl (C=O) groups is 4. The standard InChI is InChI=1S/C26H25N3O5/c1-14-3-4-15(2)23-20(14)10-18(13-34-23)24(31)27-11-16-5-6-19-17(9-16)12-29(26(19)33)21-7-8-22(30)28-25(21)32/h3-6,9-10,21H,7-8,11-13H2,1-2H3,(H,27,31)(H,28,30,32). The Morgan fingerprint density at radius 1 is 1.15 bits per heavy atom. The second kappa shape index (κ2) is 8.44. The van der Waals surface area contributed by atoms with Crippen LogP contribution in [0.25, 0.3) is 6.08 Å². The molecule has 0 spiro atoms. The molecule has 2 aromatic rings. The Morgan fingerprint density at radius 3 is 2.74 bits per heavy atom. The number of hydrogen-bond donors (Lipinski definition) is 2. The van der Waals surface area contributed by atoms with Gasteiger partial charge in [-0.3, -0.25) is 24.5 Å². The molecule has 0 aliphatic carbocycles. The zero-order valence-corrected chi connectivity index (χ0v) is 19.1. The van der Waals surface area contributed by atoms with Crippen LogP contribution in [0.3, 0.4) is 0 Å². The monoisotopic (exact) mass is 459 g/mol. The molecular weight excluding hydrogens is 434 g/mol. The summed E-state index contributed by atoms with van der Waals surface area (Å²) in [6.07, 6.45) is 2.43. The molecule has 0 saturated carbocycles. The molecule has 1 saturated heterocycles. The van der Waals surface area contributed by atoms with Gasteiger partial charge in [0.05, 0.1) is 5.57 Å². The lowest BCUT2D eigenvalue weighted by Gasteiger charge is -2.29. The quantitative estimate of drug-likeness (QED) is 0.682. The van der Waals surface area contributed by atoms with E-state index in [0.29, 0.717) is 30.6 Å². The summed E-state index contributed by atoms with van der Waals surface area (Å²) in [7, 11) is 0. The van der Waals surface area contributed by atoms with Crippen LogP contribution < -0.4 is 15.4 Å². The van der Waals surface area contributed by atoms with E-state index < -0.39 is 11.9 Å². The number of aryl methyl sites for hydroxylation is 2. The van der Waals surface area contributed by atoms with Crippen molar-refractivity contribution in [3.05, 3.63) is 69.3 Å². The molecule has 3 aliphatic heterocycles. The first kappa shape index (κ1) is 21.9. The van der Waals surface area contributed by atoms with Gasteiger partial charge in [-0.2, -0.15) is 0 Å². The van der Waals surface area contributed by atoms with Crippen LogP contribution in [0.2, 0.25) is 0 Å². The third-order valence-electron chi connectivity index (χ3n) is 6.63. The first-order valence-electron chi connectivity index (χ1n) is 11.3. The molecule has 174 valence electrons. The number of carbonyl (C=O) groups excluding carboxylic acids is 4. The lowest BCUT2D eigenvalue weighted by molar-refractivity contribution is -0.137. The number of rotatable bonds is 4. The Bertz CT molecular complexity index is 1280. The molecule has 8 nitrogen and oxygen atoms in total. The molecule has 0 aromatic heterocycles. The largest absolute Gasteiger partial charge is 0.488 e. The van der Waals surface area contributed by atoms with Crippen molar-refractivity contribution in [1.29, 1.82) is 0 Å². The van der Waals surface area contributed by atoms with Crippen molar-refractivity contribution < 1.29 is 23.9 Å². The summed E-state index contributed by atoms with van der Waals surface area (Å²) < 4.78 is 5.85. The second-order valence-electron chi connectivity index (χ2n) is 8.97. The van der Waals surface area contributed by atoms with E-state index in [1.165, 1.54) is 4.90 Å². The number of ether oxygens (including phenoxy) is 1. The summed E-state index contributed by atoms with van der Waals surface area (Å²) in [5, 5.41) is 5.24. The maximum atomic E-state index is 12.8. The minimum absolute atomic E-state index is 0.201. The minimum Gasteiger partial charge on any atom is -0.488 e. The van der Waals surface area contributed by atoms with Crippen molar-refractivity contribution in [1.82, 2.24) is 15.5 Å². The highest BCUT2D eigenvalue weighted by molar-refractivity contribution is 6.05. The Balaban J connectivity index is 1.26. The van der Waals surface area contributed by atoms with E-state index in [2.05, 4.69) is 10.6 Å². The molecule has 5 rings (SSSR count). The molecule has 2 N–H and O–H groups in total. The van der Waals surface area contributed by atoms with Gasteiger partial charge in [-0.25, -0.2) is 0 Å². The Hall–Kier alpha value is -3.94. The highest BCUT2D eigenvalue weighted by atomic mass is 16.5. The van der Waals surface area contributed by atoms with Crippen LogP contribution in [0.15, 0.2) is 35.9 Å². The highest BCUT2D eigenvalue weighted by Crippen LogP contribution is 2.32. The van der Waals surface area contributed by atoms with Crippen LogP contribution in [0.5, 0.6) is 5.75 Å². The number of imide groups is 1. The maximum absolute atomic E-state index is 12.8. The smallest absolute Gasteiger partial charge is 0.255 e. The van der Waals surface area contributed by atoms with Crippen LogP contribution in [0.4, 0.5) is 0 Å². The Morgan fingerprint density at radius 2 is 1.94 bits per heavy atom. The molecule has 2 aromatic carbocycles. The van der Waals surface area contributed by atoms with E-state index in [-0.39, 0.29) is 30.7 Å². The fourth-order valence-corrected chi connectivity index (χ4v) is 4.71. The van der Waals surface area contributed by atoms with Gasteiger partial charge in [0.1, 0.15) is 18.4 Å². The predicted molar refractivity (Wildman–Crippen MR) is 124 cm³/mol. The van der Waals surface area contributed by atoms with E-state index in [4.69, 9.17) is 4.74 Å². The van der Waals surface area contributed by atoms with Crippen LogP contribution in [-0.4, -0.2) is 41.2 Å². The third-order valence-corrected chi connectivity index (χ3v) is 6.63. The lowest BCUT2D eigenvalue weighted by Crippen LogP contribution is -2.52. The molecule has 0 radical (unpaired) electrons. The van der Waals surface area contributed by atoms with Gasteiger partial charge in [-0.15, -0.1) is 0 Å². The second-order valence-corrected chi connectivity index (χ2v) is 8.97. The minimum atomic E-state index is -0.644. The molecule has 1 unspecified atom stereocenters. The van der Waals surface area contributed by atoms with E-state index in [0.717, 1.165) is 33.6 Å². The summed E-state index contributed by atoms with van der Waals surface area (Å²) in [4.78, 5) is 50.8. The number of benzene rings is 2. The SMILES string of the molecule is Cc1ccc(C)c2c1C=C(C(=O)NCc1ccc3c(c1)CN(C1CCC(=O)NC1=O)C3=O)CO2. The van der Waals surface area contributed by atoms with Crippen molar-refractivity contribution in [3.8, 4) is 5.75 Å². The zero-order chi connectivity index (χ0) is 24.0. The van der Waals surface area contributed by atoms with Crippen LogP contribution in [0, 0.1) is 13.8 Å². The fourth-order valence-electron chi connectivity index (χ4n) is 4.71. The normalized spacial score (nSPS) is 19.1. The van der Waals surface area contributed by atoms with Crippen LogP contribution >= 0.6 is 0 Å². The van der Waals surface area contributed by atoms with Crippen molar-refractivity contribution in [2.75, 3.05) is 6.61 Å². The highest BCUT2D eigenvalue weighted by Gasteiger charge is 2.39. The van der Waals surface area contributed by atoms with Gasteiger partial charge in [0.15, 0.2) is 0 Å². The summed E-state index contributed by atoms with van der Waals surface area (Å²) in [6.45, 7) is 4.79. The molecule has 4 amide bonds. The lowest BCUT2D eigenvalue weighted by atomic mass is 9.99. The summed E-state index contributed by atoms with van der Waals surface area (Å²) >= 11 is 0. The van der Waals surface area contributed by atoms with Crippen molar-refractivity contribution in [3.63, 3.8) is 0 Å². The maximum Gasteiger partial charge on any atom is 0.255 e. The topological polar surface area (TPSA) is 105 Å². The average molecular weight is 460 g/mol. The summed E-state index contributed by atoms with van der Waals surface area (Å²) in [5.74, 6) is -0.335. The predicted octanol–water partition coefficient (Wildman–Crippen LogP) is 2.16. The fraction of sp³-hybridized carbons (Fsp3) is 0.308. The molecular formula is C26H25N3O5. The molecule has 1 atom stereocenters. The molecule has 0 bridgehead atoms. The molecule has 1 fully saturated rings. The van der Waals surface area contributed by atoms with Gasteiger partial charge in [0.2, 0.25) is 11.8 Å². The van der Waals surface area contributed by atoms with E-state index in [9.17, 15) is 19.2 Å². The van der Waals surface area contributed by atoms with Crippen LogP contribution in [-0.2, 0) is 27.5 Å². The van der Waals surface area contributed by atoms with Crippen LogP contribution in [0.1, 0.15) is 51.0 Å². The van der Waals surface area contributed by atoms with Crippen molar-refractivity contribution >= 4 is 29.7 Å². The third kappa shape index (κ3) is 3.85. The number of piperidine rings is 1. The number of nitrogens with one attached hydrogen (secondary N) is 2. The molecule has 3 aliphatic rings. The number of nitrogens with zero attached hydrogens (tertiary/aromatic N) is 1. The van der Waals surface area contributed by atoms with Gasteiger partial charge in [-0.05, 0) is 54.7 Å². The first-order chi connectivity index (χ1) is 16.3. The van der Waals surface area contributed by atoms with Gasteiger partial charge < -0.3 is 15.0 Å². The first-order valence-corrected chi connectivity index (χ1v) is 11.3. The van der Waals surface area contributed by atoms with Gasteiger partial charge >= 0.3 is 0 Å². The number of amides is 4. The van der Waals surface area contributed by atoms with Gasteiger partial charge in [-0.1, -0.05) is 24.3 Å². The van der Waals surface area contributed by atoms with Crippen molar-refractivity contribution in [2.45, 2.75) is 45.8 Å². The molecule has 34 heavy (non-hydrogen) atoms. The summed E-state index contributed by atoms with van der Waals surface area (Å²) in [5.41, 5.74) is 5.79. The van der Waals surface area contributed by atoms with Gasteiger partial charge in [0, 0.05) is 30.6 Å². The van der Waals surface area contributed by atoms with E-state index in [1.807, 2.05) is 38.1 Å². The number of fused-ring (bicyclic) bond motifs is 2. The average Bonchev–Trinajstić information content (AvgIpc) is 3.15.